The van der Waals surface area contributed by atoms with Crippen LogP contribution in [0.4, 0.5) is 14.5 Å². The molecule has 0 aromatic heterocycles. The smallest absolute Gasteiger partial charge is 0.126 e. The zero-order valence-electron chi connectivity index (χ0n) is 11.0. The van der Waals surface area contributed by atoms with E-state index in [4.69, 9.17) is 5.73 Å². The first-order valence-corrected chi connectivity index (χ1v) is 6.69. The first kappa shape index (κ1) is 13.1. The van der Waals surface area contributed by atoms with Crippen LogP contribution in [0.1, 0.15) is 17.2 Å². The number of hydrogen-bond donors (Lipinski definition) is 1. The molecule has 1 aliphatic heterocycles. The highest BCUT2D eigenvalue weighted by molar-refractivity contribution is 5.59. The van der Waals surface area contributed by atoms with Crippen LogP contribution >= 0.6 is 0 Å². The first-order valence-electron chi connectivity index (χ1n) is 6.69. The molecular weight excluding hydrogens is 258 g/mol. The van der Waals surface area contributed by atoms with Crippen LogP contribution in [-0.2, 0) is 6.42 Å². The highest BCUT2D eigenvalue weighted by atomic mass is 19.1. The Balaban J connectivity index is 1.99. The monoisotopic (exact) mass is 274 g/mol. The van der Waals surface area contributed by atoms with E-state index >= 15 is 0 Å². The van der Waals surface area contributed by atoms with Crippen LogP contribution in [0, 0.1) is 11.6 Å². The molecule has 2 aromatic rings. The van der Waals surface area contributed by atoms with Gasteiger partial charge in [-0.25, -0.2) is 8.78 Å². The van der Waals surface area contributed by atoms with Gasteiger partial charge in [-0.2, -0.15) is 0 Å². The lowest BCUT2D eigenvalue weighted by molar-refractivity contribution is 0.568. The molecule has 1 unspecified atom stereocenters. The van der Waals surface area contributed by atoms with Crippen molar-refractivity contribution in [1.82, 2.24) is 0 Å². The fraction of sp³-hybridized carbons (Fsp3) is 0.250. The van der Waals surface area contributed by atoms with Crippen molar-refractivity contribution in [2.24, 2.45) is 5.73 Å². The highest BCUT2D eigenvalue weighted by Crippen LogP contribution is 2.34. The number of benzene rings is 2. The molecule has 1 aliphatic rings. The lowest BCUT2D eigenvalue weighted by Crippen LogP contribution is -2.32. The van der Waals surface area contributed by atoms with Gasteiger partial charge in [-0.1, -0.05) is 18.2 Å². The van der Waals surface area contributed by atoms with Crippen molar-refractivity contribution < 1.29 is 8.78 Å². The van der Waals surface area contributed by atoms with Crippen LogP contribution in [0.3, 0.4) is 0 Å². The van der Waals surface area contributed by atoms with Gasteiger partial charge in [0.05, 0.1) is 6.04 Å². The molecule has 0 saturated heterocycles. The average Bonchev–Trinajstić information content (AvgIpc) is 2.83. The molecule has 1 heterocycles. The van der Waals surface area contributed by atoms with Gasteiger partial charge >= 0.3 is 0 Å². The van der Waals surface area contributed by atoms with E-state index < -0.39 is 11.6 Å². The Kier molecular flexibility index (Phi) is 3.40. The second kappa shape index (κ2) is 5.21. The minimum atomic E-state index is -0.564. The van der Waals surface area contributed by atoms with Crippen molar-refractivity contribution in [1.29, 1.82) is 0 Å². The molecule has 0 bridgehead atoms. The fourth-order valence-corrected chi connectivity index (χ4v) is 2.90. The molecule has 4 heteroatoms. The first-order chi connectivity index (χ1) is 9.69. The Bertz CT molecular complexity index is 607. The van der Waals surface area contributed by atoms with Crippen LogP contribution in [0.5, 0.6) is 0 Å². The van der Waals surface area contributed by atoms with Crippen molar-refractivity contribution in [2.45, 2.75) is 12.5 Å². The van der Waals surface area contributed by atoms with Gasteiger partial charge < -0.3 is 10.6 Å². The van der Waals surface area contributed by atoms with Crippen LogP contribution < -0.4 is 10.6 Å². The Morgan fingerprint density at radius 2 is 1.80 bits per heavy atom. The molecule has 2 aromatic carbocycles. The molecule has 3 rings (SSSR count). The van der Waals surface area contributed by atoms with Crippen molar-refractivity contribution in [3.8, 4) is 0 Å². The predicted octanol–water partition coefficient (Wildman–Crippen LogP) is 3.03. The summed E-state index contributed by atoms with van der Waals surface area (Å²) in [6.07, 6.45) is 0.935. The van der Waals surface area contributed by atoms with Gasteiger partial charge in [0.25, 0.3) is 0 Å². The van der Waals surface area contributed by atoms with Crippen LogP contribution in [0.15, 0.2) is 42.5 Å². The number of hydrogen-bond acceptors (Lipinski definition) is 2. The Hall–Kier alpha value is -1.94. The largest absolute Gasteiger partial charge is 0.363 e. The summed E-state index contributed by atoms with van der Waals surface area (Å²) in [4.78, 5) is 2.13. The standard InChI is InChI=1S/C16H16F2N2/c17-13-7-12(8-14(18)9-13)16(10-19)20-6-5-11-3-1-2-4-15(11)20/h1-4,7-9,16H,5-6,10,19H2. The summed E-state index contributed by atoms with van der Waals surface area (Å²) in [5.74, 6) is -1.13. The van der Waals surface area contributed by atoms with Gasteiger partial charge in [-0.15, -0.1) is 0 Å². The number of anilines is 1. The number of fused-ring (bicyclic) bond motifs is 1. The molecule has 0 radical (unpaired) electrons. The summed E-state index contributed by atoms with van der Waals surface area (Å²) in [5, 5.41) is 0. The minimum absolute atomic E-state index is 0.205. The van der Waals surface area contributed by atoms with E-state index in [1.54, 1.807) is 0 Å². The summed E-state index contributed by atoms with van der Waals surface area (Å²) < 4.78 is 26.8. The molecule has 0 aliphatic carbocycles. The van der Waals surface area contributed by atoms with E-state index in [1.165, 1.54) is 17.7 Å². The third kappa shape index (κ3) is 2.27. The molecule has 0 spiro atoms. The van der Waals surface area contributed by atoms with E-state index in [0.29, 0.717) is 12.1 Å². The van der Waals surface area contributed by atoms with Crippen LogP contribution in [0.25, 0.3) is 0 Å². The average molecular weight is 274 g/mol. The van der Waals surface area contributed by atoms with E-state index in [0.717, 1.165) is 24.7 Å². The van der Waals surface area contributed by atoms with Crippen LogP contribution in [0.2, 0.25) is 0 Å². The molecule has 1 atom stereocenters. The van der Waals surface area contributed by atoms with Gasteiger partial charge in [-0.3, -0.25) is 0 Å². The number of nitrogens with zero attached hydrogens (tertiary/aromatic N) is 1. The maximum Gasteiger partial charge on any atom is 0.126 e. The number of nitrogens with two attached hydrogens (primary N) is 1. The van der Waals surface area contributed by atoms with Crippen molar-refractivity contribution in [2.75, 3.05) is 18.0 Å². The maximum absolute atomic E-state index is 13.4. The number of para-hydroxylation sites is 1. The second-order valence-corrected chi connectivity index (χ2v) is 5.03. The van der Waals surface area contributed by atoms with E-state index in [-0.39, 0.29) is 6.04 Å². The van der Waals surface area contributed by atoms with E-state index in [1.807, 2.05) is 18.2 Å². The Labute approximate surface area is 116 Å². The fourth-order valence-electron chi connectivity index (χ4n) is 2.90. The third-order valence-corrected chi connectivity index (χ3v) is 3.79. The SMILES string of the molecule is NCC(c1cc(F)cc(F)c1)N1CCc2ccccc21. The third-order valence-electron chi connectivity index (χ3n) is 3.79. The second-order valence-electron chi connectivity index (χ2n) is 5.03. The topological polar surface area (TPSA) is 29.3 Å². The van der Waals surface area contributed by atoms with Gasteiger partial charge in [-0.05, 0) is 35.7 Å². The molecule has 20 heavy (non-hydrogen) atoms. The molecular formula is C16H16F2N2. The summed E-state index contributed by atoms with van der Waals surface area (Å²) in [7, 11) is 0. The maximum atomic E-state index is 13.4. The lowest BCUT2D eigenvalue weighted by atomic mass is 10.0. The Morgan fingerprint density at radius 1 is 1.10 bits per heavy atom. The van der Waals surface area contributed by atoms with Crippen molar-refractivity contribution in [3.63, 3.8) is 0 Å². The predicted molar refractivity (Wildman–Crippen MR) is 75.6 cm³/mol. The highest BCUT2D eigenvalue weighted by Gasteiger charge is 2.26. The summed E-state index contributed by atoms with van der Waals surface area (Å²) in [5.41, 5.74) is 8.80. The Morgan fingerprint density at radius 3 is 2.50 bits per heavy atom. The van der Waals surface area contributed by atoms with Gasteiger partial charge in [0.15, 0.2) is 0 Å². The molecule has 0 fully saturated rings. The minimum Gasteiger partial charge on any atom is -0.363 e. The zero-order chi connectivity index (χ0) is 14.1. The van der Waals surface area contributed by atoms with Crippen LogP contribution in [-0.4, -0.2) is 13.1 Å². The van der Waals surface area contributed by atoms with E-state index in [9.17, 15) is 8.78 Å². The number of rotatable bonds is 3. The van der Waals surface area contributed by atoms with Gasteiger partial charge in [0.2, 0.25) is 0 Å². The van der Waals surface area contributed by atoms with Gasteiger partial charge in [0, 0.05) is 24.8 Å². The van der Waals surface area contributed by atoms with Gasteiger partial charge in [0.1, 0.15) is 11.6 Å². The molecule has 2 N–H and O–H groups in total. The molecule has 2 nitrogen and oxygen atoms in total. The van der Waals surface area contributed by atoms with Crippen molar-refractivity contribution in [3.05, 3.63) is 65.2 Å². The summed E-state index contributed by atoms with van der Waals surface area (Å²) >= 11 is 0. The summed E-state index contributed by atoms with van der Waals surface area (Å²) in [6, 6.07) is 11.5. The summed E-state index contributed by atoms with van der Waals surface area (Å²) in [6.45, 7) is 1.14. The normalized spacial score (nSPS) is 15.2. The lowest BCUT2D eigenvalue weighted by Gasteiger charge is -2.30. The molecule has 0 amide bonds. The zero-order valence-corrected chi connectivity index (χ0v) is 11.0. The molecule has 104 valence electrons. The number of halogens is 2. The quantitative estimate of drug-likeness (QED) is 0.932. The van der Waals surface area contributed by atoms with E-state index in [2.05, 4.69) is 11.0 Å². The molecule has 0 saturated carbocycles. The van der Waals surface area contributed by atoms with Crippen molar-refractivity contribution >= 4 is 5.69 Å².